The van der Waals surface area contributed by atoms with Crippen molar-refractivity contribution in [2.45, 2.75) is 20.3 Å². The second kappa shape index (κ2) is 5.79. The summed E-state index contributed by atoms with van der Waals surface area (Å²) in [4.78, 5) is 23.2. The highest BCUT2D eigenvalue weighted by molar-refractivity contribution is 6.09. The third kappa shape index (κ3) is 3.48. The number of hydrogen-bond acceptors (Lipinski definition) is 3. The van der Waals surface area contributed by atoms with Gasteiger partial charge in [-0.15, -0.1) is 0 Å². The number of aromatic hydroxyl groups is 1. The SMILES string of the molecule is Cc1cc(C)cc(C(=O)c2ccc(O)c(CC(=O)O)c2)c1. The van der Waals surface area contributed by atoms with E-state index >= 15 is 0 Å². The van der Waals surface area contributed by atoms with Gasteiger partial charge in [0.15, 0.2) is 5.78 Å². The predicted molar refractivity (Wildman–Crippen MR) is 78.8 cm³/mol. The highest BCUT2D eigenvalue weighted by Crippen LogP contribution is 2.22. The highest BCUT2D eigenvalue weighted by atomic mass is 16.4. The number of phenols is 1. The summed E-state index contributed by atoms with van der Waals surface area (Å²) >= 11 is 0. The van der Waals surface area contributed by atoms with Crippen molar-refractivity contribution in [3.05, 3.63) is 64.2 Å². The quantitative estimate of drug-likeness (QED) is 0.847. The van der Waals surface area contributed by atoms with Crippen LogP contribution in [0, 0.1) is 13.8 Å². The third-order valence-electron chi connectivity index (χ3n) is 3.17. The Morgan fingerprint density at radius 3 is 2.14 bits per heavy atom. The molecule has 0 atom stereocenters. The van der Waals surface area contributed by atoms with Crippen LogP contribution in [0.2, 0.25) is 0 Å². The van der Waals surface area contributed by atoms with E-state index in [0.29, 0.717) is 11.1 Å². The maximum absolute atomic E-state index is 12.5. The smallest absolute Gasteiger partial charge is 0.307 e. The number of carboxylic acid groups (broad SMARTS) is 1. The van der Waals surface area contributed by atoms with E-state index in [9.17, 15) is 14.7 Å². The number of carbonyl (C=O) groups excluding carboxylic acids is 1. The summed E-state index contributed by atoms with van der Waals surface area (Å²) in [7, 11) is 0. The minimum Gasteiger partial charge on any atom is -0.508 e. The van der Waals surface area contributed by atoms with E-state index in [-0.39, 0.29) is 23.5 Å². The average Bonchev–Trinajstić information content (AvgIpc) is 2.39. The summed E-state index contributed by atoms with van der Waals surface area (Å²) in [6.07, 6.45) is -0.320. The van der Waals surface area contributed by atoms with Gasteiger partial charge in [-0.2, -0.15) is 0 Å². The van der Waals surface area contributed by atoms with Gasteiger partial charge in [0.25, 0.3) is 0 Å². The first-order valence-electron chi connectivity index (χ1n) is 6.53. The molecule has 0 amide bonds. The molecule has 0 unspecified atom stereocenters. The normalized spacial score (nSPS) is 10.4. The molecule has 2 rings (SSSR count). The molecular formula is C17H16O4. The van der Waals surface area contributed by atoms with Gasteiger partial charge in [-0.3, -0.25) is 9.59 Å². The Hall–Kier alpha value is -2.62. The lowest BCUT2D eigenvalue weighted by Crippen LogP contribution is -2.05. The number of hydrogen-bond donors (Lipinski definition) is 2. The highest BCUT2D eigenvalue weighted by Gasteiger charge is 2.14. The van der Waals surface area contributed by atoms with Crippen molar-refractivity contribution in [2.24, 2.45) is 0 Å². The fourth-order valence-corrected chi connectivity index (χ4v) is 2.30. The molecule has 2 aromatic carbocycles. The summed E-state index contributed by atoms with van der Waals surface area (Å²) in [5, 5.41) is 18.5. The topological polar surface area (TPSA) is 74.6 Å². The fourth-order valence-electron chi connectivity index (χ4n) is 2.30. The van der Waals surface area contributed by atoms with Gasteiger partial charge < -0.3 is 10.2 Å². The second-order valence-electron chi connectivity index (χ2n) is 5.12. The molecule has 21 heavy (non-hydrogen) atoms. The monoisotopic (exact) mass is 284 g/mol. The first-order valence-corrected chi connectivity index (χ1v) is 6.53. The van der Waals surface area contributed by atoms with Crippen molar-refractivity contribution >= 4 is 11.8 Å². The number of rotatable bonds is 4. The van der Waals surface area contributed by atoms with Crippen LogP contribution < -0.4 is 0 Å². The second-order valence-corrected chi connectivity index (χ2v) is 5.12. The van der Waals surface area contributed by atoms with E-state index in [1.165, 1.54) is 18.2 Å². The number of carboxylic acids is 1. The van der Waals surface area contributed by atoms with Crippen molar-refractivity contribution in [1.82, 2.24) is 0 Å². The molecule has 0 aliphatic heterocycles. The molecule has 2 N–H and O–H groups in total. The number of carbonyl (C=O) groups is 2. The molecule has 0 heterocycles. The van der Waals surface area contributed by atoms with Crippen LogP contribution >= 0.6 is 0 Å². The molecule has 0 fully saturated rings. The van der Waals surface area contributed by atoms with Gasteiger partial charge in [0, 0.05) is 16.7 Å². The Kier molecular flexibility index (Phi) is 4.08. The summed E-state index contributed by atoms with van der Waals surface area (Å²) in [5.74, 6) is -1.36. The van der Waals surface area contributed by atoms with E-state index in [4.69, 9.17) is 5.11 Å². The first kappa shape index (κ1) is 14.8. The van der Waals surface area contributed by atoms with Gasteiger partial charge in [-0.1, -0.05) is 17.2 Å². The molecule has 0 aromatic heterocycles. The van der Waals surface area contributed by atoms with Crippen LogP contribution in [0.4, 0.5) is 0 Å². The Morgan fingerprint density at radius 1 is 0.952 bits per heavy atom. The fraction of sp³-hybridized carbons (Fsp3) is 0.176. The molecule has 0 bridgehead atoms. The van der Waals surface area contributed by atoms with Crippen molar-refractivity contribution in [3.63, 3.8) is 0 Å². The molecule has 0 saturated heterocycles. The van der Waals surface area contributed by atoms with E-state index in [1.807, 2.05) is 19.9 Å². The largest absolute Gasteiger partial charge is 0.508 e. The zero-order chi connectivity index (χ0) is 15.6. The Labute approximate surface area is 122 Å². The van der Waals surface area contributed by atoms with E-state index < -0.39 is 5.97 Å². The summed E-state index contributed by atoms with van der Waals surface area (Å²) in [6, 6.07) is 9.85. The minimum atomic E-state index is -1.05. The van der Waals surface area contributed by atoms with Gasteiger partial charge in [0.1, 0.15) is 5.75 Å². The lowest BCUT2D eigenvalue weighted by molar-refractivity contribution is -0.136. The van der Waals surface area contributed by atoms with Crippen molar-refractivity contribution in [2.75, 3.05) is 0 Å². The number of ketones is 1. The first-order chi connectivity index (χ1) is 9.86. The van der Waals surface area contributed by atoms with Crippen LogP contribution in [0.1, 0.15) is 32.6 Å². The van der Waals surface area contributed by atoms with Crippen LogP contribution in [-0.2, 0) is 11.2 Å². The van der Waals surface area contributed by atoms with E-state index in [1.54, 1.807) is 12.1 Å². The van der Waals surface area contributed by atoms with E-state index in [0.717, 1.165) is 11.1 Å². The molecule has 0 aliphatic carbocycles. The molecule has 0 saturated carbocycles. The number of aryl methyl sites for hydroxylation is 2. The molecule has 4 nitrogen and oxygen atoms in total. The standard InChI is InChI=1S/C17H16O4/c1-10-5-11(2)7-14(6-10)17(21)12-3-4-15(18)13(8-12)9-16(19)20/h3-8,18H,9H2,1-2H3,(H,19,20). The maximum Gasteiger partial charge on any atom is 0.307 e. The zero-order valence-corrected chi connectivity index (χ0v) is 11.9. The maximum atomic E-state index is 12.5. The van der Waals surface area contributed by atoms with Gasteiger partial charge >= 0.3 is 5.97 Å². The molecule has 0 aliphatic rings. The Balaban J connectivity index is 2.41. The van der Waals surface area contributed by atoms with Crippen LogP contribution in [0.5, 0.6) is 5.75 Å². The summed E-state index contributed by atoms with van der Waals surface area (Å²) < 4.78 is 0. The van der Waals surface area contributed by atoms with Gasteiger partial charge in [0.05, 0.1) is 6.42 Å². The molecule has 4 heteroatoms. The third-order valence-corrected chi connectivity index (χ3v) is 3.17. The Bertz CT molecular complexity index is 696. The van der Waals surface area contributed by atoms with Crippen LogP contribution in [-0.4, -0.2) is 22.0 Å². The number of benzene rings is 2. The molecule has 0 spiro atoms. The van der Waals surface area contributed by atoms with E-state index in [2.05, 4.69) is 0 Å². The van der Waals surface area contributed by atoms with Crippen LogP contribution in [0.25, 0.3) is 0 Å². The molecule has 2 aromatic rings. The molecule has 0 radical (unpaired) electrons. The zero-order valence-electron chi connectivity index (χ0n) is 11.9. The van der Waals surface area contributed by atoms with Gasteiger partial charge in [-0.05, 0) is 44.2 Å². The van der Waals surface area contributed by atoms with Crippen molar-refractivity contribution in [1.29, 1.82) is 0 Å². The summed E-state index contributed by atoms with van der Waals surface area (Å²) in [6.45, 7) is 3.83. The Morgan fingerprint density at radius 2 is 1.57 bits per heavy atom. The number of aliphatic carboxylic acids is 1. The lowest BCUT2D eigenvalue weighted by atomic mass is 9.97. The van der Waals surface area contributed by atoms with Gasteiger partial charge in [-0.25, -0.2) is 0 Å². The predicted octanol–water partition coefficient (Wildman–Crippen LogP) is 2.87. The number of phenolic OH excluding ortho intramolecular Hbond substituents is 1. The lowest BCUT2D eigenvalue weighted by Gasteiger charge is -2.07. The average molecular weight is 284 g/mol. The van der Waals surface area contributed by atoms with Gasteiger partial charge in [0.2, 0.25) is 0 Å². The molecular weight excluding hydrogens is 268 g/mol. The minimum absolute atomic E-state index is 0.116. The van der Waals surface area contributed by atoms with Crippen molar-refractivity contribution in [3.8, 4) is 5.75 Å². The van der Waals surface area contributed by atoms with Crippen LogP contribution in [0.15, 0.2) is 36.4 Å². The van der Waals surface area contributed by atoms with Crippen LogP contribution in [0.3, 0.4) is 0 Å². The summed E-state index contributed by atoms with van der Waals surface area (Å²) in [5.41, 5.74) is 3.14. The van der Waals surface area contributed by atoms with Crippen molar-refractivity contribution < 1.29 is 19.8 Å². The molecule has 108 valence electrons.